The predicted molar refractivity (Wildman–Crippen MR) is 43.9 cm³/mol. The molecule has 0 aliphatic rings. The molecule has 0 aromatic carbocycles. The topological polar surface area (TPSA) is 66.8 Å². The molecule has 2 unspecified atom stereocenters. The Balaban J connectivity index is 4.15. The van der Waals surface area contributed by atoms with Gasteiger partial charge >= 0.3 is 5.97 Å². The van der Waals surface area contributed by atoms with Crippen LogP contribution in [0, 0.1) is 0 Å². The molecule has 12 heavy (non-hydrogen) atoms. The minimum Gasteiger partial charge on any atom is -0.479 e. The van der Waals surface area contributed by atoms with Gasteiger partial charge in [-0.3, -0.25) is 0 Å². The first kappa shape index (κ1) is 11.4. The van der Waals surface area contributed by atoms with E-state index in [1.807, 2.05) is 0 Å². The highest BCUT2D eigenvalue weighted by Gasteiger charge is 2.31. The molecule has 0 fully saturated rings. The Hall–Kier alpha value is -0.610. The molecule has 2 atom stereocenters. The molecule has 0 radical (unpaired) electrons. The number of aliphatic hydroxyl groups excluding tert-OH is 1. The maximum atomic E-state index is 10.6. The molecule has 0 saturated heterocycles. The van der Waals surface area contributed by atoms with Crippen LogP contribution < -0.4 is 0 Å². The van der Waals surface area contributed by atoms with Gasteiger partial charge in [-0.25, -0.2) is 4.79 Å². The number of carbonyl (C=O) groups is 1. The normalized spacial score (nSPS) is 17.1. The van der Waals surface area contributed by atoms with E-state index >= 15 is 0 Å². The fourth-order valence-electron chi connectivity index (χ4n) is 0.614. The van der Waals surface area contributed by atoms with Crippen molar-refractivity contribution in [3.8, 4) is 0 Å². The van der Waals surface area contributed by atoms with Crippen molar-refractivity contribution in [1.29, 1.82) is 0 Å². The molecule has 0 aliphatic carbocycles. The Kier molecular flexibility index (Phi) is 3.67. The van der Waals surface area contributed by atoms with Crippen LogP contribution in [0.5, 0.6) is 0 Å². The average Bonchev–Trinajstić information content (AvgIpc) is 1.85. The zero-order valence-corrected chi connectivity index (χ0v) is 7.87. The van der Waals surface area contributed by atoms with Gasteiger partial charge in [0.15, 0.2) is 5.60 Å². The van der Waals surface area contributed by atoms with E-state index in [1.54, 1.807) is 13.8 Å². The summed E-state index contributed by atoms with van der Waals surface area (Å²) in [6, 6.07) is 0. The molecular weight excluding hydrogens is 160 g/mol. The van der Waals surface area contributed by atoms with Gasteiger partial charge < -0.3 is 14.9 Å². The van der Waals surface area contributed by atoms with Crippen LogP contribution in [-0.2, 0) is 9.53 Å². The summed E-state index contributed by atoms with van der Waals surface area (Å²) in [4.78, 5) is 10.6. The highest BCUT2D eigenvalue weighted by atomic mass is 16.5. The van der Waals surface area contributed by atoms with Crippen molar-refractivity contribution in [3.05, 3.63) is 0 Å². The van der Waals surface area contributed by atoms with Crippen LogP contribution in [0.2, 0.25) is 0 Å². The predicted octanol–water partition coefficient (Wildman–Crippen LogP) is 0.635. The van der Waals surface area contributed by atoms with Crippen molar-refractivity contribution in [2.75, 3.05) is 0 Å². The molecule has 0 saturated carbocycles. The van der Waals surface area contributed by atoms with Gasteiger partial charge in [0, 0.05) is 0 Å². The smallest absolute Gasteiger partial charge is 0.335 e. The number of hydrogen-bond acceptors (Lipinski definition) is 3. The van der Waals surface area contributed by atoms with E-state index in [1.165, 1.54) is 13.8 Å². The van der Waals surface area contributed by atoms with Crippen LogP contribution in [0.1, 0.15) is 27.7 Å². The van der Waals surface area contributed by atoms with Gasteiger partial charge in [0.25, 0.3) is 0 Å². The first-order chi connectivity index (χ1) is 5.27. The van der Waals surface area contributed by atoms with Crippen molar-refractivity contribution >= 4 is 5.97 Å². The Bertz CT molecular complexity index is 162. The number of rotatable bonds is 4. The Morgan fingerprint density at radius 3 is 2.08 bits per heavy atom. The molecule has 4 nitrogen and oxygen atoms in total. The molecule has 0 aromatic rings. The molecule has 0 spiro atoms. The summed E-state index contributed by atoms with van der Waals surface area (Å²) in [5, 5.41) is 17.7. The van der Waals surface area contributed by atoms with Crippen LogP contribution in [0.15, 0.2) is 0 Å². The molecule has 0 aromatic heterocycles. The van der Waals surface area contributed by atoms with Gasteiger partial charge in [-0.05, 0) is 27.7 Å². The van der Waals surface area contributed by atoms with E-state index in [-0.39, 0.29) is 0 Å². The lowest BCUT2D eigenvalue weighted by atomic mass is 10.1. The molecule has 4 heteroatoms. The van der Waals surface area contributed by atoms with Crippen molar-refractivity contribution in [3.63, 3.8) is 0 Å². The number of aliphatic hydroxyl groups is 1. The Morgan fingerprint density at radius 2 is 1.83 bits per heavy atom. The van der Waals surface area contributed by atoms with Crippen LogP contribution >= 0.6 is 0 Å². The molecule has 0 aliphatic heterocycles. The number of ether oxygens (including phenoxy) is 1. The summed E-state index contributed by atoms with van der Waals surface area (Å²) in [5.41, 5.74) is -1.24. The Morgan fingerprint density at radius 1 is 1.42 bits per heavy atom. The van der Waals surface area contributed by atoms with Crippen molar-refractivity contribution in [2.45, 2.75) is 45.5 Å². The number of carboxylic acid groups (broad SMARTS) is 1. The van der Waals surface area contributed by atoms with Crippen LogP contribution in [0.4, 0.5) is 0 Å². The molecule has 0 heterocycles. The minimum atomic E-state index is -1.24. The maximum absolute atomic E-state index is 10.6. The van der Waals surface area contributed by atoms with Crippen molar-refractivity contribution < 1.29 is 19.7 Å². The van der Waals surface area contributed by atoms with E-state index < -0.39 is 23.8 Å². The summed E-state index contributed by atoms with van der Waals surface area (Å²) in [6.07, 6.45) is -1.14. The molecule has 0 bridgehead atoms. The lowest BCUT2D eigenvalue weighted by Gasteiger charge is -2.26. The second kappa shape index (κ2) is 3.87. The van der Waals surface area contributed by atoms with Crippen molar-refractivity contribution in [1.82, 2.24) is 0 Å². The fourth-order valence-corrected chi connectivity index (χ4v) is 0.614. The second-order valence-corrected chi connectivity index (χ2v) is 3.38. The van der Waals surface area contributed by atoms with E-state index in [0.29, 0.717) is 0 Å². The van der Waals surface area contributed by atoms with Crippen LogP contribution in [0.25, 0.3) is 0 Å². The third-order valence-corrected chi connectivity index (χ3v) is 1.67. The summed E-state index contributed by atoms with van der Waals surface area (Å²) in [6.45, 7) is 6.10. The summed E-state index contributed by atoms with van der Waals surface area (Å²) < 4.78 is 5.11. The number of aliphatic carboxylic acids is 1. The lowest BCUT2D eigenvalue weighted by molar-refractivity contribution is -0.173. The number of carboxylic acids is 1. The van der Waals surface area contributed by atoms with Crippen LogP contribution in [0.3, 0.4) is 0 Å². The summed E-state index contributed by atoms with van der Waals surface area (Å²) in [5.74, 6) is -1.03. The van der Waals surface area contributed by atoms with E-state index in [9.17, 15) is 4.79 Å². The third-order valence-electron chi connectivity index (χ3n) is 1.67. The van der Waals surface area contributed by atoms with Crippen LogP contribution in [-0.4, -0.2) is 34.0 Å². The summed E-state index contributed by atoms with van der Waals surface area (Å²) >= 11 is 0. The summed E-state index contributed by atoms with van der Waals surface area (Å²) in [7, 11) is 0. The van der Waals surface area contributed by atoms with Crippen molar-refractivity contribution in [2.24, 2.45) is 0 Å². The monoisotopic (exact) mass is 176 g/mol. The van der Waals surface area contributed by atoms with Gasteiger partial charge in [0.2, 0.25) is 0 Å². The van der Waals surface area contributed by atoms with Gasteiger partial charge in [-0.1, -0.05) is 0 Å². The van der Waals surface area contributed by atoms with E-state index in [2.05, 4.69) is 0 Å². The van der Waals surface area contributed by atoms with Gasteiger partial charge in [0.1, 0.15) is 0 Å². The molecule has 0 amide bonds. The molecule has 72 valence electrons. The largest absolute Gasteiger partial charge is 0.479 e. The van der Waals surface area contributed by atoms with Gasteiger partial charge in [-0.2, -0.15) is 0 Å². The first-order valence-corrected chi connectivity index (χ1v) is 3.86. The highest BCUT2D eigenvalue weighted by Crippen LogP contribution is 2.14. The zero-order valence-electron chi connectivity index (χ0n) is 7.87. The number of hydrogen-bond donors (Lipinski definition) is 2. The Labute approximate surface area is 72.2 Å². The molecule has 2 N–H and O–H groups in total. The SMILES string of the molecule is CC(O)C(C)OC(C)(C)C(=O)O. The van der Waals surface area contributed by atoms with Gasteiger partial charge in [0.05, 0.1) is 12.2 Å². The second-order valence-electron chi connectivity index (χ2n) is 3.38. The standard InChI is InChI=1S/C8H16O4/c1-5(9)6(2)12-8(3,4)7(10)11/h5-6,9H,1-4H3,(H,10,11). The fraction of sp³-hybridized carbons (Fsp3) is 0.875. The highest BCUT2D eigenvalue weighted by molar-refractivity contribution is 5.76. The third kappa shape index (κ3) is 3.19. The first-order valence-electron chi connectivity index (χ1n) is 3.86. The molecule has 0 rings (SSSR count). The van der Waals surface area contributed by atoms with E-state index in [4.69, 9.17) is 14.9 Å². The zero-order chi connectivity index (χ0) is 9.94. The minimum absolute atomic E-state index is 0.476. The lowest BCUT2D eigenvalue weighted by Crippen LogP contribution is -2.40. The quantitative estimate of drug-likeness (QED) is 0.659. The maximum Gasteiger partial charge on any atom is 0.335 e. The van der Waals surface area contributed by atoms with E-state index in [0.717, 1.165) is 0 Å². The molecular formula is C8H16O4. The van der Waals surface area contributed by atoms with Gasteiger partial charge in [-0.15, -0.1) is 0 Å². The average molecular weight is 176 g/mol.